The average molecular weight is 363 g/mol. The number of rotatable bonds is 5. The SMILES string of the molecule is CC(C)c1c(C(=O)NCC(=O)c2ccccc2)nc2c(C#N)c[nH]n2c1=O. The molecule has 8 nitrogen and oxygen atoms in total. The lowest BCUT2D eigenvalue weighted by Crippen LogP contribution is -2.34. The highest BCUT2D eigenvalue weighted by atomic mass is 16.2. The van der Waals surface area contributed by atoms with Crippen LogP contribution in [0.3, 0.4) is 0 Å². The van der Waals surface area contributed by atoms with Crippen LogP contribution in [-0.4, -0.2) is 32.8 Å². The zero-order valence-corrected chi connectivity index (χ0v) is 14.8. The Kier molecular flexibility index (Phi) is 4.86. The van der Waals surface area contributed by atoms with Gasteiger partial charge in [-0.15, -0.1) is 0 Å². The second-order valence-corrected chi connectivity index (χ2v) is 6.26. The monoisotopic (exact) mass is 363 g/mol. The number of carbonyl (C=O) groups excluding carboxylic acids is 2. The van der Waals surface area contributed by atoms with Crippen LogP contribution in [0.15, 0.2) is 41.3 Å². The van der Waals surface area contributed by atoms with Gasteiger partial charge in [-0.25, -0.2) is 9.50 Å². The van der Waals surface area contributed by atoms with E-state index in [-0.39, 0.29) is 40.7 Å². The molecule has 0 saturated heterocycles. The highest BCUT2D eigenvalue weighted by Gasteiger charge is 2.23. The fourth-order valence-corrected chi connectivity index (χ4v) is 2.77. The van der Waals surface area contributed by atoms with Crippen molar-refractivity contribution in [2.45, 2.75) is 19.8 Å². The van der Waals surface area contributed by atoms with Gasteiger partial charge in [0.15, 0.2) is 11.4 Å². The number of H-pyrrole nitrogens is 1. The molecule has 0 bridgehead atoms. The number of fused-ring (bicyclic) bond motifs is 1. The summed E-state index contributed by atoms with van der Waals surface area (Å²) in [6.45, 7) is 3.31. The van der Waals surface area contributed by atoms with Gasteiger partial charge in [-0.05, 0) is 5.92 Å². The van der Waals surface area contributed by atoms with Crippen LogP contribution >= 0.6 is 0 Å². The molecule has 2 N–H and O–H groups in total. The lowest BCUT2D eigenvalue weighted by molar-refractivity contribution is 0.0900. The Labute approximate surface area is 154 Å². The van der Waals surface area contributed by atoms with Crippen molar-refractivity contribution in [1.82, 2.24) is 19.9 Å². The Balaban J connectivity index is 1.96. The molecule has 1 amide bonds. The van der Waals surface area contributed by atoms with Gasteiger partial charge in [-0.2, -0.15) is 5.26 Å². The van der Waals surface area contributed by atoms with Crippen molar-refractivity contribution < 1.29 is 9.59 Å². The fourth-order valence-electron chi connectivity index (χ4n) is 2.77. The third-order valence-electron chi connectivity index (χ3n) is 4.12. The van der Waals surface area contributed by atoms with Gasteiger partial charge in [0.1, 0.15) is 17.3 Å². The summed E-state index contributed by atoms with van der Waals surface area (Å²) >= 11 is 0. The van der Waals surface area contributed by atoms with Gasteiger partial charge in [0.25, 0.3) is 11.5 Å². The van der Waals surface area contributed by atoms with Crippen LogP contribution in [0.25, 0.3) is 5.65 Å². The Morgan fingerprint density at radius 2 is 2.00 bits per heavy atom. The van der Waals surface area contributed by atoms with Crippen molar-refractivity contribution in [2.24, 2.45) is 0 Å². The zero-order valence-electron chi connectivity index (χ0n) is 14.8. The molecule has 0 saturated carbocycles. The van der Waals surface area contributed by atoms with Crippen LogP contribution in [0.1, 0.15) is 51.7 Å². The van der Waals surface area contributed by atoms with Crippen molar-refractivity contribution in [3.05, 3.63) is 69.3 Å². The maximum Gasteiger partial charge on any atom is 0.276 e. The first-order valence-corrected chi connectivity index (χ1v) is 8.34. The molecule has 0 spiro atoms. The number of carbonyl (C=O) groups is 2. The maximum absolute atomic E-state index is 12.7. The largest absolute Gasteiger partial charge is 0.343 e. The van der Waals surface area contributed by atoms with Crippen LogP contribution in [0.4, 0.5) is 0 Å². The van der Waals surface area contributed by atoms with E-state index in [0.717, 1.165) is 4.52 Å². The number of ketones is 1. The first-order chi connectivity index (χ1) is 12.9. The van der Waals surface area contributed by atoms with Gasteiger partial charge in [0.05, 0.1) is 12.1 Å². The standard InChI is InChI=1S/C19H17N5O3/c1-11(2)15-16(23-17-13(8-20)9-22-24(17)19(15)27)18(26)21-10-14(25)12-6-4-3-5-7-12/h3-7,9,11,22H,10H2,1-2H3,(H,21,26). The van der Waals surface area contributed by atoms with E-state index in [4.69, 9.17) is 5.26 Å². The molecule has 0 radical (unpaired) electrons. The first kappa shape index (κ1) is 18.1. The second-order valence-electron chi connectivity index (χ2n) is 6.26. The molecule has 0 fully saturated rings. The molecule has 2 heterocycles. The van der Waals surface area contributed by atoms with E-state index in [2.05, 4.69) is 15.4 Å². The summed E-state index contributed by atoms with van der Waals surface area (Å²) < 4.78 is 1.14. The van der Waals surface area contributed by atoms with Gasteiger partial charge < -0.3 is 5.32 Å². The van der Waals surface area contributed by atoms with Crippen LogP contribution < -0.4 is 10.9 Å². The quantitative estimate of drug-likeness (QED) is 0.668. The van der Waals surface area contributed by atoms with Gasteiger partial charge >= 0.3 is 0 Å². The van der Waals surface area contributed by atoms with Crippen molar-refractivity contribution in [2.75, 3.05) is 6.54 Å². The van der Waals surface area contributed by atoms with E-state index >= 15 is 0 Å². The van der Waals surface area contributed by atoms with E-state index in [9.17, 15) is 14.4 Å². The molecule has 0 unspecified atom stereocenters. The molecule has 0 atom stereocenters. The third kappa shape index (κ3) is 3.35. The van der Waals surface area contributed by atoms with Gasteiger partial charge in [-0.3, -0.25) is 19.5 Å². The molecule has 0 aliphatic rings. The summed E-state index contributed by atoms with van der Waals surface area (Å²) in [6, 6.07) is 10.5. The number of nitriles is 1. The minimum absolute atomic E-state index is 0.0754. The van der Waals surface area contributed by atoms with E-state index in [0.29, 0.717) is 5.56 Å². The molecule has 136 valence electrons. The summed E-state index contributed by atoms with van der Waals surface area (Å²) in [5.41, 5.74) is 0.387. The summed E-state index contributed by atoms with van der Waals surface area (Å²) in [6.07, 6.45) is 1.36. The Bertz CT molecular complexity index is 1120. The molecule has 8 heteroatoms. The lowest BCUT2D eigenvalue weighted by Gasteiger charge is -2.12. The van der Waals surface area contributed by atoms with Gasteiger partial charge in [0, 0.05) is 11.8 Å². The normalized spacial score (nSPS) is 10.7. The number of benzene rings is 1. The van der Waals surface area contributed by atoms with Gasteiger partial charge in [0.2, 0.25) is 0 Å². The first-order valence-electron chi connectivity index (χ1n) is 8.34. The van der Waals surface area contributed by atoms with E-state index < -0.39 is 11.5 Å². The van der Waals surface area contributed by atoms with Crippen LogP contribution in [-0.2, 0) is 0 Å². The fraction of sp³-hybridized carbons (Fsp3) is 0.211. The maximum atomic E-state index is 12.7. The average Bonchev–Trinajstić information content (AvgIpc) is 3.09. The minimum Gasteiger partial charge on any atom is -0.343 e. The van der Waals surface area contributed by atoms with Crippen LogP contribution in [0.5, 0.6) is 0 Å². The molecule has 3 aromatic rings. The number of hydrogen-bond donors (Lipinski definition) is 2. The molecule has 3 rings (SSSR count). The smallest absolute Gasteiger partial charge is 0.276 e. The highest BCUT2D eigenvalue weighted by Crippen LogP contribution is 2.16. The third-order valence-corrected chi connectivity index (χ3v) is 4.12. The molecule has 1 aromatic carbocycles. The predicted octanol–water partition coefficient (Wildman–Crippen LogP) is 1.63. The number of aromatic nitrogens is 3. The van der Waals surface area contributed by atoms with Crippen LogP contribution in [0.2, 0.25) is 0 Å². The van der Waals surface area contributed by atoms with Crippen molar-refractivity contribution in [3.63, 3.8) is 0 Å². The second kappa shape index (κ2) is 7.25. The molecule has 0 aliphatic carbocycles. The number of nitrogens with one attached hydrogen (secondary N) is 2. The van der Waals surface area contributed by atoms with E-state index in [1.165, 1.54) is 6.20 Å². The summed E-state index contributed by atoms with van der Waals surface area (Å²) in [5, 5.41) is 14.4. The van der Waals surface area contributed by atoms with Gasteiger partial charge in [-0.1, -0.05) is 44.2 Å². The van der Waals surface area contributed by atoms with Crippen molar-refractivity contribution in [1.29, 1.82) is 5.26 Å². The zero-order chi connectivity index (χ0) is 19.6. The Morgan fingerprint density at radius 1 is 1.30 bits per heavy atom. The Morgan fingerprint density at radius 3 is 2.63 bits per heavy atom. The van der Waals surface area contributed by atoms with Crippen LogP contribution in [0, 0.1) is 11.3 Å². The number of aromatic amines is 1. The molecule has 0 aliphatic heterocycles. The van der Waals surface area contributed by atoms with E-state index in [1.807, 2.05) is 6.07 Å². The summed E-state index contributed by atoms with van der Waals surface area (Å²) in [4.78, 5) is 41.8. The number of Topliss-reactive ketones (excluding diaryl/α,β-unsaturated/α-hetero) is 1. The summed E-state index contributed by atoms with van der Waals surface area (Å²) in [7, 11) is 0. The minimum atomic E-state index is -0.632. The number of nitrogens with zero attached hydrogens (tertiary/aromatic N) is 3. The van der Waals surface area contributed by atoms with Crippen molar-refractivity contribution >= 4 is 17.3 Å². The highest BCUT2D eigenvalue weighted by molar-refractivity contribution is 6.02. The topological polar surface area (TPSA) is 120 Å². The Hall–Kier alpha value is -3.73. The number of hydrogen-bond acceptors (Lipinski definition) is 5. The molecule has 27 heavy (non-hydrogen) atoms. The molecule has 2 aromatic heterocycles. The van der Waals surface area contributed by atoms with Crippen molar-refractivity contribution in [3.8, 4) is 6.07 Å². The molecular weight excluding hydrogens is 346 g/mol. The molecular formula is C19H17N5O3. The number of amides is 1. The summed E-state index contributed by atoms with van der Waals surface area (Å²) in [5.74, 6) is -1.17. The predicted molar refractivity (Wildman–Crippen MR) is 97.7 cm³/mol. The van der Waals surface area contributed by atoms with E-state index in [1.54, 1.807) is 44.2 Å². The lowest BCUT2D eigenvalue weighted by atomic mass is 10.0.